The Balaban J connectivity index is 3.28. The first-order valence-corrected chi connectivity index (χ1v) is 3.10. The van der Waals surface area contributed by atoms with Crippen molar-refractivity contribution in [2.45, 2.75) is 26.3 Å². The van der Waals surface area contributed by atoms with Crippen molar-refractivity contribution in [1.29, 1.82) is 0 Å². The predicted octanol–water partition coefficient (Wildman–Crippen LogP) is 0.287. The van der Waals surface area contributed by atoms with E-state index >= 15 is 0 Å². The smallest absolute Gasteiger partial charge is 0.322 e. The molecule has 9 heavy (non-hydrogen) atoms. The summed E-state index contributed by atoms with van der Waals surface area (Å²) in [5, 5.41) is 0. The first kappa shape index (κ1) is 8.43. The van der Waals surface area contributed by atoms with E-state index in [9.17, 15) is 4.79 Å². The van der Waals surface area contributed by atoms with Crippen LogP contribution in [-0.2, 0) is 9.53 Å². The van der Waals surface area contributed by atoms with Gasteiger partial charge < -0.3 is 10.5 Å². The number of esters is 1. The highest BCUT2D eigenvalue weighted by molar-refractivity contribution is 5.74. The first-order valence-electron chi connectivity index (χ1n) is 3.10. The molecule has 0 saturated carbocycles. The summed E-state index contributed by atoms with van der Waals surface area (Å²) in [4.78, 5) is 10.6. The summed E-state index contributed by atoms with van der Waals surface area (Å²) in [5.41, 5.74) is 5.20. The van der Waals surface area contributed by atoms with Gasteiger partial charge in [0.15, 0.2) is 0 Å². The molecule has 0 aliphatic rings. The van der Waals surface area contributed by atoms with Gasteiger partial charge in [-0.3, -0.25) is 4.79 Å². The van der Waals surface area contributed by atoms with Gasteiger partial charge in [0.2, 0.25) is 0 Å². The van der Waals surface area contributed by atoms with Crippen LogP contribution >= 0.6 is 0 Å². The van der Waals surface area contributed by atoms with Gasteiger partial charge in [-0.2, -0.15) is 0 Å². The zero-order valence-electron chi connectivity index (χ0n) is 5.89. The van der Waals surface area contributed by atoms with Crippen molar-refractivity contribution < 1.29 is 9.53 Å². The van der Waals surface area contributed by atoms with E-state index in [1.807, 2.05) is 6.92 Å². The number of hydrogen-bond acceptors (Lipinski definition) is 3. The minimum Gasteiger partial charge on any atom is -0.465 e. The molecule has 0 unspecified atom stereocenters. The molecule has 3 nitrogen and oxygen atoms in total. The van der Waals surface area contributed by atoms with Gasteiger partial charge in [0.25, 0.3) is 0 Å². The van der Waals surface area contributed by atoms with Crippen LogP contribution in [0.2, 0.25) is 0 Å². The Morgan fingerprint density at radius 2 is 2.33 bits per heavy atom. The van der Waals surface area contributed by atoms with Crippen LogP contribution in [0.25, 0.3) is 0 Å². The fourth-order valence-electron chi connectivity index (χ4n) is 0.334. The molecule has 0 aromatic heterocycles. The summed E-state index contributed by atoms with van der Waals surface area (Å²) in [6, 6.07) is -0.489. The van der Waals surface area contributed by atoms with Gasteiger partial charge in [-0.1, -0.05) is 6.92 Å². The molecule has 0 saturated heterocycles. The molecule has 0 aliphatic heterocycles. The second-order valence-electron chi connectivity index (χ2n) is 1.96. The van der Waals surface area contributed by atoms with E-state index in [2.05, 4.69) is 4.74 Å². The Kier molecular flexibility index (Phi) is 4.05. The van der Waals surface area contributed by atoms with E-state index in [1.54, 1.807) is 6.92 Å². The summed E-state index contributed by atoms with van der Waals surface area (Å²) in [7, 11) is 0. The first-order chi connectivity index (χ1) is 4.18. The maximum atomic E-state index is 10.6. The maximum absolute atomic E-state index is 10.6. The maximum Gasteiger partial charge on any atom is 0.322 e. The van der Waals surface area contributed by atoms with Crippen LogP contribution in [0.15, 0.2) is 0 Å². The molecule has 0 radical (unpaired) electrons. The highest BCUT2D eigenvalue weighted by Gasteiger charge is 2.06. The van der Waals surface area contributed by atoms with Gasteiger partial charge in [-0.05, 0) is 13.3 Å². The minimum atomic E-state index is -0.489. The summed E-state index contributed by atoms with van der Waals surface area (Å²) >= 11 is 0. The number of carbonyl (C=O) groups is 1. The van der Waals surface area contributed by atoms with Gasteiger partial charge in [0, 0.05) is 0 Å². The van der Waals surface area contributed by atoms with Crippen LogP contribution in [0.4, 0.5) is 0 Å². The average molecular weight is 131 g/mol. The van der Waals surface area contributed by atoms with Crippen molar-refractivity contribution in [1.82, 2.24) is 0 Å². The van der Waals surface area contributed by atoms with Gasteiger partial charge >= 0.3 is 5.97 Å². The number of rotatable bonds is 3. The highest BCUT2D eigenvalue weighted by Crippen LogP contribution is 1.85. The lowest BCUT2D eigenvalue weighted by Gasteiger charge is -2.03. The lowest BCUT2D eigenvalue weighted by atomic mass is 10.4. The topological polar surface area (TPSA) is 52.3 Å². The van der Waals surface area contributed by atoms with Crippen LogP contribution in [0.3, 0.4) is 0 Å². The fraction of sp³-hybridized carbons (Fsp3) is 0.833. The number of ether oxygens (including phenoxy) is 1. The van der Waals surface area contributed by atoms with E-state index in [1.165, 1.54) is 0 Å². The number of nitrogens with two attached hydrogens (primary N) is 1. The standard InChI is InChI=1S/C6H13NO2/c1-3-4-9-6(8)5(2)7/h5H,3-4,7H2,1-2H3/t5-/m1/s1. The van der Waals surface area contributed by atoms with Gasteiger partial charge in [-0.15, -0.1) is 0 Å². The molecule has 0 rings (SSSR count). The molecule has 0 aliphatic carbocycles. The second kappa shape index (κ2) is 4.32. The van der Waals surface area contributed by atoms with Crippen molar-refractivity contribution in [3.63, 3.8) is 0 Å². The van der Waals surface area contributed by atoms with Gasteiger partial charge in [-0.25, -0.2) is 0 Å². The molecule has 0 bridgehead atoms. The van der Waals surface area contributed by atoms with Crippen molar-refractivity contribution >= 4 is 5.97 Å². The van der Waals surface area contributed by atoms with E-state index in [0.29, 0.717) is 6.61 Å². The average Bonchev–Trinajstić information content (AvgIpc) is 1.82. The zero-order valence-corrected chi connectivity index (χ0v) is 5.89. The highest BCUT2D eigenvalue weighted by atomic mass is 16.5. The van der Waals surface area contributed by atoms with Crippen LogP contribution in [0.1, 0.15) is 20.3 Å². The van der Waals surface area contributed by atoms with E-state index < -0.39 is 6.04 Å². The molecule has 2 N–H and O–H groups in total. The molecule has 54 valence electrons. The fourth-order valence-corrected chi connectivity index (χ4v) is 0.334. The van der Waals surface area contributed by atoms with Crippen molar-refractivity contribution in [3.8, 4) is 0 Å². The van der Waals surface area contributed by atoms with Crippen LogP contribution < -0.4 is 5.73 Å². The Labute approximate surface area is 55.2 Å². The third kappa shape index (κ3) is 3.97. The molecular weight excluding hydrogens is 118 g/mol. The zero-order chi connectivity index (χ0) is 7.28. The summed E-state index contributed by atoms with van der Waals surface area (Å²) in [6.07, 6.45) is 0.846. The Morgan fingerprint density at radius 1 is 1.78 bits per heavy atom. The summed E-state index contributed by atoms with van der Waals surface area (Å²) in [5.74, 6) is -0.322. The van der Waals surface area contributed by atoms with Gasteiger partial charge in [0.05, 0.1) is 6.61 Å². The van der Waals surface area contributed by atoms with Crippen molar-refractivity contribution in [2.75, 3.05) is 6.61 Å². The molecule has 0 aromatic rings. The Morgan fingerprint density at radius 3 is 2.67 bits per heavy atom. The largest absolute Gasteiger partial charge is 0.465 e. The van der Waals surface area contributed by atoms with Gasteiger partial charge in [0.1, 0.15) is 6.04 Å². The quantitative estimate of drug-likeness (QED) is 0.560. The molecule has 0 spiro atoms. The molecule has 0 amide bonds. The Hall–Kier alpha value is -0.570. The van der Waals surface area contributed by atoms with Crippen LogP contribution in [0.5, 0.6) is 0 Å². The lowest BCUT2D eigenvalue weighted by molar-refractivity contribution is -0.144. The summed E-state index contributed by atoms with van der Waals surface area (Å²) < 4.78 is 4.69. The lowest BCUT2D eigenvalue weighted by Crippen LogP contribution is -2.28. The molecule has 1 atom stereocenters. The Bertz CT molecular complexity index is 91.1. The molecule has 0 aromatic carbocycles. The third-order valence-corrected chi connectivity index (χ3v) is 0.820. The monoisotopic (exact) mass is 131 g/mol. The molecule has 3 heteroatoms. The SMILES string of the molecule is CCCOC(=O)[C@@H](C)N. The molecule has 0 fully saturated rings. The van der Waals surface area contributed by atoms with Crippen LogP contribution in [0, 0.1) is 0 Å². The predicted molar refractivity (Wildman–Crippen MR) is 34.9 cm³/mol. The summed E-state index contributed by atoms with van der Waals surface area (Å²) in [6.45, 7) is 4.02. The van der Waals surface area contributed by atoms with E-state index in [4.69, 9.17) is 5.73 Å². The normalized spacial score (nSPS) is 12.8. The second-order valence-corrected chi connectivity index (χ2v) is 1.96. The van der Waals surface area contributed by atoms with Crippen LogP contribution in [-0.4, -0.2) is 18.6 Å². The van der Waals surface area contributed by atoms with E-state index in [-0.39, 0.29) is 5.97 Å². The number of hydrogen-bond donors (Lipinski definition) is 1. The van der Waals surface area contributed by atoms with E-state index in [0.717, 1.165) is 6.42 Å². The molecular formula is C6H13NO2. The molecule has 0 heterocycles. The third-order valence-electron chi connectivity index (χ3n) is 0.820. The minimum absolute atomic E-state index is 0.322. The number of carbonyl (C=O) groups excluding carboxylic acids is 1. The van der Waals surface area contributed by atoms with Crippen molar-refractivity contribution in [3.05, 3.63) is 0 Å². The van der Waals surface area contributed by atoms with Crippen molar-refractivity contribution in [2.24, 2.45) is 5.73 Å².